The molecule has 1 atom stereocenters. The second-order valence-corrected chi connectivity index (χ2v) is 5.60. The van der Waals surface area contributed by atoms with E-state index in [1.54, 1.807) is 11.3 Å². The largest absolute Gasteiger partial charge is 0.309 e. The Hall–Kier alpha value is -1.20. The Balaban J connectivity index is 2.11. The lowest BCUT2D eigenvalue weighted by Crippen LogP contribution is -2.23. The molecule has 0 saturated carbocycles. The topological polar surface area (TPSA) is 42.7 Å². The molecule has 5 heteroatoms. The van der Waals surface area contributed by atoms with E-state index in [2.05, 4.69) is 42.4 Å². The van der Waals surface area contributed by atoms with Gasteiger partial charge in [-0.05, 0) is 38.8 Å². The highest BCUT2D eigenvalue weighted by molar-refractivity contribution is 7.09. The van der Waals surface area contributed by atoms with E-state index in [0.29, 0.717) is 6.04 Å². The molecule has 0 radical (unpaired) electrons. The molecule has 0 fully saturated rings. The highest BCUT2D eigenvalue weighted by atomic mass is 32.1. The second kappa shape index (κ2) is 6.82. The molecule has 0 aliphatic rings. The first-order valence-electron chi connectivity index (χ1n) is 6.89. The SMILES string of the molecule is CCCNC(Cc1cnn(CC)c1)c1scnc1C. The average Bonchev–Trinajstić information content (AvgIpc) is 3.03. The third-order valence-corrected chi connectivity index (χ3v) is 4.24. The smallest absolute Gasteiger partial charge is 0.0798 e. The van der Waals surface area contributed by atoms with Gasteiger partial charge in [0.05, 0.1) is 17.4 Å². The summed E-state index contributed by atoms with van der Waals surface area (Å²) in [5.74, 6) is 0. The molecule has 0 aliphatic carbocycles. The van der Waals surface area contributed by atoms with Crippen molar-refractivity contribution in [3.8, 4) is 0 Å². The van der Waals surface area contributed by atoms with Crippen LogP contribution in [0, 0.1) is 6.92 Å². The summed E-state index contributed by atoms with van der Waals surface area (Å²) in [5.41, 5.74) is 4.35. The van der Waals surface area contributed by atoms with E-state index in [-0.39, 0.29) is 0 Å². The van der Waals surface area contributed by atoms with Crippen molar-refractivity contribution in [3.63, 3.8) is 0 Å². The van der Waals surface area contributed by atoms with Crippen LogP contribution in [-0.4, -0.2) is 21.3 Å². The fraction of sp³-hybridized carbons (Fsp3) is 0.571. The van der Waals surface area contributed by atoms with Crippen molar-refractivity contribution in [1.29, 1.82) is 0 Å². The van der Waals surface area contributed by atoms with Gasteiger partial charge >= 0.3 is 0 Å². The van der Waals surface area contributed by atoms with E-state index < -0.39 is 0 Å². The third-order valence-electron chi connectivity index (χ3n) is 3.19. The number of hydrogen-bond acceptors (Lipinski definition) is 4. The number of hydrogen-bond donors (Lipinski definition) is 1. The number of thiazole rings is 1. The van der Waals surface area contributed by atoms with Gasteiger partial charge in [0, 0.05) is 23.7 Å². The second-order valence-electron chi connectivity index (χ2n) is 4.72. The normalized spacial score (nSPS) is 12.8. The van der Waals surface area contributed by atoms with Crippen molar-refractivity contribution in [2.45, 2.75) is 46.2 Å². The van der Waals surface area contributed by atoms with Gasteiger partial charge in [0.25, 0.3) is 0 Å². The first-order valence-corrected chi connectivity index (χ1v) is 7.77. The summed E-state index contributed by atoms with van der Waals surface area (Å²) in [6.45, 7) is 8.34. The first-order chi connectivity index (χ1) is 9.24. The summed E-state index contributed by atoms with van der Waals surface area (Å²) in [5, 5.41) is 7.97. The molecule has 1 unspecified atom stereocenters. The summed E-state index contributed by atoms with van der Waals surface area (Å²) in [4.78, 5) is 5.71. The molecule has 104 valence electrons. The van der Waals surface area contributed by atoms with Crippen LogP contribution in [0.15, 0.2) is 17.9 Å². The maximum atomic E-state index is 4.37. The molecule has 19 heavy (non-hydrogen) atoms. The highest BCUT2D eigenvalue weighted by Crippen LogP contribution is 2.25. The van der Waals surface area contributed by atoms with Crippen molar-refractivity contribution < 1.29 is 0 Å². The van der Waals surface area contributed by atoms with Gasteiger partial charge in [-0.25, -0.2) is 4.98 Å². The number of nitrogens with one attached hydrogen (secondary N) is 1. The predicted molar refractivity (Wildman–Crippen MR) is 79.5 cm³/mol. The van der Waals surface area contributed by atoms with Gasteiger partial charge in [0.1, 0.15) is 0 Å². The third kappa shape index (κ3) is 3.64. The molecule has 1 N–H and O–H groups in total. The van der Waals surface area contributed by atoms with Gasteiger partial charge in [0.2, 0.25) is 0 Å². The van der Waals surface area contributed by atoms with Gasteiger partial charge < -0.3 is 5.32 Å². The molecule has 0 amide bonds. The van der Waals surface area contributed by atoms with Gasteiger partial charge in [-0.15, -0.1) is 11.3 Å². The molecule has 0 aliphatic heterocycles. The molecule has 0 spiro atoms. The molecular formula is C14H22N4S. The van der Waals surface area contributed by atoms with Crippen molar-refractivity contribution in [1.82, 2.24) is 20.1 Å². The molecule has 0 aromatic carbocycles. The van der Waals surface area contributed by atoms with Crippen LogP contribution in [0.5, 0.6) is 0 Å². The van der Waals surface area contributed by atoms with E-state index in [4.69, 9.17) is 0 Å². The van der Waals surface area contributed by atoms with Crippen LogP contribution in [0.3, 0.4) is 0 Å². The highest BCUT2D eigenvalue weighted by Gasteiger charge is 2.16. The Morgan fingerprint density at radius 3 is 2.84 bits per heavy atom. The van der Waals surface area contributed by atoms with E-state index in [9.17, 15) is 0 Å². The zero-order valence-corrected chi connectivity index (χ0v) is 12.7. The summed E-state index contributed by atoms with van der Waals surface area (Å²) < 4.78 is 1.98. The predicted octanol–water partition coefficient (Wildman–Crippen LogP) is 2.95. The van der Waals surface area contributed by atoms with Gasteiger partial charge in [0.15, 0.2) is 0 Å². The maximum absolute atomic E-state index is 4.37. The lowest BCUT2D eigenvalue weighted by molar-refractivity contribution is 0.533. The van der Waals surface area contributed by atoms with E-state index in [1.165, 1.54) is 10.4 Å². The van der Waals surface area contributed by atoms with Crippen LogP contribution >= 0.6 is 11.3 Å². The maximum Gasteiger partial charge on any atom is 0.0798 e. The average molecular weight is 278 g/mol. The molecule has 2 rings (SSSR count). The summed E-state index contributed by atoms with van der Waals surface area (Å²) >= 11 is 1.74. The van der Waals surface area contributed by atoms with Crippen molar-refractivity contribution >= 4 is 11.3 Å². The van der Waals surface area contributed by atoms with Gasteiger partial charge in [-0.2, -0.15) is 5.10 Å². The monoisotopic (exact) mass is 278 g/mol. The summed E-state index contributed by atoms with van der Waals surface area (Å²) in [7, 11) is 0. The minimum Gasteiger partial charge on any atom is -0.309 e. The number of rotatable bonds is 7. The molecule has 0 saturated heterocycles. The summed E-state index contributed by atoms with van der Waals surface area (Å²) in [6, 6.07) is 0.349. The molecule has 0 bridgehead atoms. The molecular weight excluding hydrogens is 256 g/mol. The van der Waals surface area contributed by atoms with E-state index in [1.807, 2.05) is 16.4 Å². The number of aryl methyl sites for hydroxylation is 2. The van der Waals surface area contributed by atoms with Crippen molar-refractivity contribution in [3.05, 3.63) is 34.0 Å². The van der Waals surface area contributed by atoms with Crippen molar-refractivity contribution in [2.75, 3.05) is 6.54 Å². The standard InChI is InChI=1S/C14H22N4S/c1-4-6-15-13(14-11(3)16-10-19-14)7-12-8-17-18(5-2)9-12/h8-10,13,15H,4-7H2,1-3H3. The van der Waals surface area contributed by atoms with Gasteiger partial charge in [-0.3, -0.25) is 4.68 Å². The van der Waals surface area contributed by atoms with Crippen LogP contribution < -0.4 is 5.32 Å². The number of nitrogens with zero attached hydrogens (tertiary/aromatic N) is 3. The van der Waals surface area contributed by atoms with Crippen LogP contribution in [0.1, 0.15) is 42.4 Å². The molecule has 2 aromatic rings. The first kappa shape index (κ1) is 14.2. The number of aromatic nitrogens is 3. The van der Waals surface area contributed by atoms with Crippen LogP contribution in [0.25, 0.3) is 0 Å². The lowest BCUT2D eigenvalue weighted by Gasteiger charge is -2.17. The molecule has 2 aromatic heterocycles. The van der Waals surface area contributed by atoms with Crippen LogP contribution in [0.4, 0.5) is 0 Å². The fourth-order valence-electron chi connectivity index (χ4n) is 2.14. The van der Waals surface area contributed by atoms with Crippen molar-refractivity contribution in [2.24, 2.45) is 0 Å². The summed E-state index contributed by atoms with van der Waals surface area (Å²) in [6.07, 6.45) is 6.23. The minimum atomic E-state index is 0.349. The van der Waals surface area contributed by atoms with E-state index in [0.717, 1.165) is 31.6 Å². The Kier molecular flexibility index (Phi) is 5.10. The van der Waals surface area contributed by atoms with Crippen LogP contribution in [0.2, 0.25) is 0 Å². The Bertz CT molecular complexity index is 503. The fourth-order valence-corrected chi connectivity index (χ4v) is 3.02. The Morgan fingerprint density at radius 1 is 1.42 bits per heavy atom. The molecule has 2 heterocycles. The van der Waals surface area contributed by atoms with Crippen LogP contribution in [-0.2, 0) is 13.0 Å². The minimum absolute atomic E-state index is 0.349. The Labute approximate surface area is 118 Å². The lowest BCUT2D eigenvalue weighted by atomic mass is 10.1. The molecule has 4 nitrogen and oxygen atoms in total. The Morgan fingerprint density at radius 2 is 2.26 bits per heavy atom. The zero-order chi connectivity index (χ0) is 13.7. The van der Waals surface area contributed by atoms with Gasteiger partial charge in [-0.1, -0.05) is 6.92 Å². The van der Waals surface area contributed by atoms with E-state index >= 15 is 0 Å². The zero-order valence-electron chi connectivity index (χ0n) is 11.9. The quantitative estimate of drug-likeness (QED) is 0.846.